The van der Waals surface area contributed by atoms with E-state index < -0.39 is 5.60 Å². The Labute approximate surface area is 129 Å². The molecule has 2 aromatic rings. The average molecular weight is 303 g/mol. The van der Waals surface area contributed by atoms with Gasteiger partial charge in [0.25, 0.3) is 0 Å². The molecule has 0 radical (unpaired) electrons. The van der Waals surface area contributed by atoms with Crippen molar-refractivity contribution < 1.29 is 9.53 Å². The van der Waals surface area contributed by atoms with Gasteiger partial charge in [-0.2, -0.15) is 0 Å². The Balaban J connectivity index is 1.77. The summed E-state index contributed by atoms with van der Waals surface area (Å²) in [5, 5.41) is 8.36. The minimum absolute atomic E-state index is 0.0966. The molecule has 1 saturated heterocycles. The van der Waals surface area contributed by atoms with E-state index in [2.05, 4.69) is 10.3 Å². The van der Waals surface area contributed by atoms with E-state index in [4.69, 9.17) is 10.5 Å². The number of anilines is 1. The van der Waals surface area contributed by atoms with Gasteiger partial charge in [-0.25, -0.2) is 9.48 Å². The van der Waals surface area contributed by atoms with Gasteiger partial charge in [0.15, 0.2) is 0 Å². The SMILES string of the molecule is CC(C)(C)OC(=O)N1CCC(n2nnc3c(N)cccc32)C1. The zero-order valence-corrected chi connectivity index (χ0v) is 13.1. The van der Waals surface area contributed by atoms with Crippen molar-refractivity contribution in [1.82, 2.24) is 19.9 Å². The average Bonchev–Trinajstić information content (AvgIpc) is 3.03. The van der Waals surface area contributed by atoms with Crippen LogP contribution in [0.25, 0.3) is 11.0 Å². The van der Waals surface area contributed by atoms with Gasteiger partial charge < -0.3 is 15.4 Å². The van der Waals surface area contributed by atoms with Crippen LogP contribution in [0, 0.1) is 0 Å². The van der Waals surface area contributed by atoms with Crippen LogP contribution in [0.4, 0.5) is 10.5 Å². The van der Waals surface area contributed by atoms with E-state index in [1.807, 2.05) is 43.7 Å². The van der Waals surface area contributed by atoms with E-state index in [1.165, 1.54) is 0 Å². The minimum Gasteiger partial charge on any atom is -0.444 e. The Kier molecular flexibility index (Phi) is 3.42. The fourth-order valence-corrected chi connectivity index (χ4v) is 2.69. The zero-order chi connectivity index (χ0) is 15.9. The molecule has 1 aliphatic rings. The van der Waals surface area contributed by atoms with Crippen molar-refractivity contribution in [3.8, 4) is 0 Å². The predicted molar refractivity (Wildman–Crippen MR) is 83.4 cm³/mol. The molecule has 7 nitrogen and oxygen atoms in total. The first kappa shape index (κ1) is 14.6. The normalized spacial score (nSPS) is 18.9. The van der Waals surface area contributed by atoms with Crippen LogP contribution in [0.15, 0.2) is 18.2 Å². The molecular weight excluding hydrogens is 282 g/mol. The number of carbonyl (C=O) groups is 1. The molecule has 3 rings (SSSR count). The molecule has 7 heteroatoms. The number of nitrogens with two attached hydrogens (primary N) is 1. The van der Waals surface area contributed by atoms with Crippen molar-refractivity contribution in [3.05, 3.63) is 18.2 Å². The summed E-state index contributed by atoms with van der Waals surface area (Å²) in [6, 6.07) is 5.74. The highest BCUT2D eigenvalue weighted by molar-refractivity contribution is 5.86. The van der Waals surface area contributed by atoms with Gasteiger partial charge in [-0.05, 0) is 39.3 Å². The van der Waals surface area contributed by atoms with Gasteiger partial charge in [0.05, 0.1) is 17.2 Å². The number of benzene rings is 1. The second-order valence-electron chi connectivity index (χ2n) is 6.62. The van der Waals surface area contributed by atoms with Gasteiger partial charge >= 0.3 is 6.09 Å². The van der Waals surface area contributed by atoms with Crippen LogP contribution in [0.5, 0.6) is 0 Å². The van der Waals surface area contributed by atoms with Crippen LogP contribution >= 0.6 is 0 Å². The number of carbonyl (C=O) groups excluding carboxylic acids is 1. The summed E-state index contributed by atoms with van der Waals surface area (Å²) in [6.07, 6.45) is 0.547. The molecule has 1 fully saturated rings. The summed E-state index contributed by atoms with van der Waals surface area (Å²) >= 11 is 0. The molecule has 1 aliphatic heterocycles. The number of amides is 1. The van der Waals surface area contributed by atoms with E-state index in [1.54, 1.807) is 4.90 Å². The first-order valence-electron chi connectivity index (χ1n) is 7.42. The quantitative estimate of drug-likeness (QED) is 0.816. The van der Waals surface area contributed by atoms with Crippen LogP contribution in [-0.2, 0) is 4.74 Å². The van der Waals surface area contributed by atoms with Crippen LogP contribution in [0.1, 0.15) is 33.2 Å². The minimum atomic E-state index is -0.483. The number of hydrogen-bond donors (Lipinski definition) is 1. The lowest BCUT2D eigenvalue weighted by Crippen LogP contribution is -2.35. The van der Waals surface area contributed by atoms with Gasteiger partial charge in [0.2, 0.25) is 0 Å². The maximum Gasteiger partial charge on any atom is 0.410 e. The van der Waals surface area contributed by atoms with E-state index in [-0.39, 0.29) is 12.1 Å². The number of nitrogen functional groups attached to an aromatic ring is 1. The topological polar surface area (TPSA) is 86.3 Å². The second-order valence-corrected chi connectivity index (χ2v) is 6.62. The third-order valence-electron chi connectivity index (χ3n) is 3.69. The molecule has 22 heavy (non-hydrogen) atoms. The number of likely N-dealkylation sites (tertiary alicyclic amines) is 1. The maximum absolute atomic E-state index is 12.1. The van der Waals surface area contributed by atoms with E-state index in [9.17, 15) is 4.79 Å². The molecule has 0 aliphatic carbocycles. The largest absolute Gasteiger partial charge is 0.444 e. The summed E-state index contributed by atoms with van der Waals surface area (Å²) in [4.78, 5) is 13.9. The highest BCUT2D eigenvalue weighted by atomic mass is 16.6. The third-order valence-corrected chi connectivity index (χ3v) is 3.69. The predicted octanol–water partition coefficient (Wildman–Crippen LogP) is 2.20. The molecule has 1 atom stereocenters. The lowest BCUT2D eigenvalue weighted by Gasteiger charge is -2.24. The highest BCUT2D eigenvalue weighted by Crippen LogP contribution is 2.27. The number of aromatic nitrogens is 3. The molecule has 1 aromatic carbocycles. The summed E-state index contributed by atoms with van der Waals surface area (Å²) in [5.41, 5.74) is 7.65. The van der Waals surface area contributed by atoms with Crippen molar-refractivity contribution >= 4 is 22.8 Å². The number of rotatable bonds is 1. The van der Waals surface area contributed by atoms with Crippen LogP contribution in [-0.4, -0.2) is 44.7 Å². The fraction of sp³-hybridized carbons (Fsp3) is 0.533. The van der Waals surface area contributed by atoms with Gasteiger partial charge in [-0.15, -0.1) is 5.10 Å². The molecule has 118 valence electrons. The number of fused-ring (bicyclic) bond motifs is 1. The summed E-state index contributed by atoms with van der Waals surface area (Å²) < 4.78 is 7.27. The molecule has 2 heterocycles. The lowest BCUT2D eigenvalue weighted by atomic mass is 10.2. The molecule has 0 saturated carbocycles. The van der Waals surface area contributed by atoms with Crippen LogP contribution < -0.4 is 5.73 Å². The van der Waals surface area contributed by atoms with Crippen molar-refractivity contribution in [2.75, 3.05) is 18.8 Å². The maximum atomic E-state index is 12.1. The fourth-order valence-electron chi connectivity index (χ4n) is 2.69. The van der Waals surface area contributed by atoms with Gasteiger partial charge in [-0.3, -0.25) is 0 Å². The summed E-state index contributed by atoms with van der Waals surface area (Å²) in [5.74, 6) is 0. The zero-order valence-electron chi connectivity index (χ0n) is 13.1. The molecular formula is C15H21N5O2. The number of nitrogens with zero attached hydrogens (tertiary/aromatic N) is 4. The molecule has 2 N–H and O–H groups in total. The molecule has 0 spiro atoms. The van der Waals surface area contributed by atoms with Crippen molar-refractivity contribution in [3.63, 3.8) is 0 Å². The van der Waals surface area contributed by atoms with E-state index in [0.29, 0.717) is 24.3 Å². The van der Waals surface area contributed by atoms with Crippen molar-refractivity contribution in [1.29, 1.82) is 0 Å². The Morgan fingerprint density at radius 1 is 1.41 bits per heavy atom. The molecule has 1 unspecified atom stereocenters. The Morgan fingerprint density at radius 2 is 2.18 bits per heavy atom. The monoisotopic (exact) mass is 303 g/mol. The van der Waals surface area contributed by atoms with Gasteiger partial charge in [0.1, 0.15) is 11.1 Å². The third kappa shape index (κ3) is 2.70. The van der Waals surface area contributed by atoms with Crippen LogP contribution in [0.3, 0.4) is 0 Å². The summed E-state index contributed by atoms with van der Waals surface area (Å²) in [6.45, 7) is 6.83. The second kappa shape index (κ2) is 5.15. The number of ether oxygens (including phenoxy) is 1. The Morgan fingerprint density at radius 3 is 2.91 bits per heavy atom. The van der Waals surface area contributed by atoms with Crippen molar-refractivity contribution in [2.45, 2.75) is 38.8 Å². The first-order valence-corrected chi connectivity index (χ1v) is 7.42. The van der Waals surface area contributed by atoms with E-state index >= 15 is 0 Å². The van der Waals surface area contributed by atoms with Gasteiger partial charge in [0, 0.05) is 13.1 Å². The molecule has 1 amide bonds. The van der Waals surface area contributed by atoms with Crippen LogP contribution in [0.2, 0.25) is 0 Å². The smallest absolute Gasteiger partial charge is 0.410 e. The highest BCUT2D eigenvalue weighted by Gasteiger charge is 2.31. The first-order chi connectivity index (χ1) is 10.3. The lowest BCUT2D eigenvalue weighted by molar-refractivity contribution is 0.0288. The molecule has 0 bridgehead atoms. The van der Waals surface area contributed by atoms with E-state index in [0.717, 1.165) is 11.9 Å². The van der Waals surface area contributed by atoms with Crippen molar-refractivity contribution in [2.24, 2.45) is 0 Å². The summed E-state index contributed by atoms with van der Waals surface area (Å²) in [7, 11) is 0. The Hall–Kier alpha value is -2.31. The Bertz CT molecular complexity index is 704. The van der Waals surface area contributed by atoms with Gasteiger partial charge in [-0.1, -0.05) is 11.3 Å². The number of hydrogen-bond acceptors (Lipinski definition) is 5. The standard InChI is InChI=1S/C15H21N5O2/c1-15(2,3)22-14(21)19-8-7-10(9-19)20-12-6-4-5-11(16)13(12)17-18-20/h4-6,10H,7-9,16H2,1-3H3. The molecule has 1 aromatic heterocycles.